The van der Waals surface area contributed by atoms with Gasteiger partial charge >= 0.3 is 0 Å². The molecule has 0 saturated carbocycles. The molecule has 7 rings (SSSR count). The molecule has 0 N–H and O–H groups in total. The highest BCUT2D eigenvalue weighted by atomic mass is 16.7. The number of hydrogen-bond donors (Lipinski definition) is 0. The van der Waals surface area contributed by atoms with Crippen LogP contribution in [0.5, 0.6) is 23.0 Å². The van der Waals surface area contributed by atoms with Crippen LogP contribution in [0.3, 0.4) is 0 Å². The molecule has 0 atom stereocenters. The second kappa shape index (κ2) is 12.9. The minimum atomic E-state index is 0.263. The van der Waals surface area contributed by atoms with Crippen molar-refractivity contribution in [3.63, 3.8) is 0 Å². The van der Waals surface area contributed by atoms with Gasteiger partial charge in [-0.25, -0.2) is 4.98 Å². The highest BCUT2D eigenvalue weighted by Gasteiger charge is 2.23. The number of ether oxygens (including phenoxy) is 4. The minimum absolute atomic E-state index is 0.263. The van der Waals surface area contributed by atoms with Crippen molar-refractivity contribution < 1.29 is 18.9 Å². The molecule has 224 valence electrons. The first kappa shape index (κ1) is 28.0. The van der Waals surface area contributed by atoms with Gasteiger partial charge in [-0.15, -0.1) is 0 Å². The molecule has 1 aromatic heterocycles. The number of nitrogens with zero attached hydrogens (tertiary/aromatic N) is 3. The minimum Gasteiger partial charge on any atom is -0.486 e. The molecule has 0 saturated heterocycles. The maximum Gasteiger partial charge on any atom is 0.231 e. The van der Waals surface area contributed by atoms with Gasteiger partial charge in [-0.3, -0.25) is 4.90 Å². The summed E-state index contributed by atoms with van der Waals surface area (Å²) in [5.41, 5.74) is 6.81. The monoisotopic (exact) mass is 587 g/mol. The van der Waals surface area contributed by atoms with E-state index in [2.05, 4.69) is 101 Å². The van der Waals surface area contributed by atoms with Gasteiger partial charge in [-0.1, -0.05) is 86.1 Å². The Morgan fingerprint density at radius 1 is 0.659 bits per heavy atom. The molecule has 0 bridgehead atoms. The van der Waals surface area contributed by atoms with Crippen LogP contribution in [0.2, 0.25) is 0 Å². The van der Waals surface area contributed by atoms with Crippen LogP contribution in [-0.2, 0) is 26.2 Å². The Bertz CT molecular complexity index is 1720. The van der Waals surface area contributed by atoms with Gasteiger partial charge in [-0.2, -0.15) is 0 Å². The van der Waals surface area contributed by atoms with E-state index in [-0.39, 0.29) is 6.79 Å². The van der Waals surface area contributed by atoms with Crippen LogP contribution in [0.4, 0.5) is 0 Å². The normalized spacial score (nSPS) is 13.4. The van der Waals surface area contributed by atoms with Crippen molar-refractivity contribution in [2.45, 2.75) is 45.9 Å². The third-order valence-corrected chi connectivity index (χ3v) is 8.12. The van der Waals surface area contributed by atoms with Crippen molar-refractivity contribution in [1.82, 2.24) is 14.5 Å². The van der Waals surface area contributed by atoms with Crippen LogP contribution in [-0.4, -0.2) is 34.5 Å². The standard InChI is InChI=1S/C37H37N3O4/c1-2-3-18-40-31(36(29-10-6-4-7-11-29)38-37(40)30-12-8-5-9-13-30)25-39(24-28-15-17-33-35(22-28)44-26-43-33)23-27-14-16-32-34(21-27)42-20-19-41-32/h4-17,21-22H,2-3,18-20,23-26H2,1H3. The molecule has 4 aromatic carbocycles. The van der Waals surface area contributed by atoms with Gasteiger partial charge in [0.15, 0.2) is 23.0 Å². The Morgan fingerprint density at radius 2 is 1.25 bits per heavy atom. The van der Waals surface area contributed by atoms with Crippen molar-refractivity contribution in [2.75, 3.05) is 20.0 Å². The van der Waals surface area contributed by atoms with Crippen molar-refractivity contribution in [1.29, 1.82) is 0 Å². The fraction of sp³-hybridized carbons (Fsp3) is 0.270. The summed E-state index contributed by atoms with van der Waals surface area (Å²) in [6.07, 6.45) is 2.17. The lowest BCUT2D eigenvalue weighted by molar-refractivity contribution is 0.170. The molecule has 2 aliphatic heterocycles. The molecular formula is C37H37N3O4. The third kappa shape index (κ3) is 6.01. The zero-order valence-corrected chi connectivity index (χ0v) is 25.1. The number of benzene rings is 4. The molecule has 3 heterocycles. The Labute approximate surface area is 258 Å². The molecule has 2 aliphatic rings. The van der Waals surface area contributed by atoms with E-state index in [9.17, 15) is 0 Å². The molecule has 0 radical (unpaired) electrons. The zero-order valence-electron chi connectivity index (χ0n) is 25.1. The Balaban J connectivity index is 1.31. The summed E-state index contributed by atoms with van der Waals surface area (Å²) < 4.78 is 25.5. The smallest absolute Gasteiger partial charge is 0.231 e. The first-order chi connectivity index (χ1) is 21.7. The van der Waals surface area contributed by atoms with E-state index >= 15 is 0 Å². The summed E-state index contributed by atoms with van der Waals surface area (Å²) >= 11 is 0. The number of fused-ring (bicyclic) bond motifs is 2. The predicted octanol–water partition coefficient (Wildman–Crippen LogP) is 7.72. The van der Waals surface area contributed by atoms with Crippen LogP contribution in [0.15, 0.2) is 97.1 Å². The second-order valence-corrected chi connectivity index (χ2v) is 11.3. The highest BCUT2D eigenvalue weighted by molar-refractivity contribution is 5.68. The number of hydrogen-bond acceptors (Lipinski definition) is 6. The molecule has 0 fully saturated rings. The SMILES string of the molecule is CCCCn1c(-c2ccccc2)nc(-c2ccccc2)c1CN(Cc1ccc2c(c1)OCCO2)Cc1ccc2c(c1)OCO2. The summed E-state index contributed by atoms with van der Waals surface area (Å²) in [5, 5.41) is 0. The van der Waals surface area contributed by atoms with Crippen molar-refractivity contribution in [3.05, 3.63) is 114 Å². The van der Waals surface area contributed by atoms with Crippen LogP contribution >= 0.6 is 0 Å². The van der Waals surface area contributed by atoms with Crippen molar-refractivity contribution in [2.24, 2.45) is 0 Å². The third-order valence-electron chi connectivity index (χ3n) is 8.12. The summed E-state index contributed by atoms with van der Waals surface area (Å²) in [4.78, 5) is 7.81. The fourth-order valence-corrected chi connectivity index (χ4v) is 5.96. The average Bonchev–Trinajstić information content (AvgIpc) is 3.69. The van der Waals surface area contributed by atoms with E-state index in [0.717, 1.165) is 83.7 Å². The Kier molecular flexibility index (Phi) is 8.20. The molecule has 44 heavy (non-hydrogen) atoms. The summed E-state index contributed by atoms with van der Waals surface area (Å²) in [6.45, 7) is 6.70. The second-order valence-electron chi connectivity index (χ2n) is 11.3. The van der Waals surface area contributed by atoms with E-state index in [1.54, 1.807) is 0 Å². The number of imidazole rings is 1. The topological polar surface area (TPSA) is 58.0 Å². The molecule has 7 heteroatoms. The Morgan fingerprint density at radius 3 is 1.93 bits per heavy atom. The van der Waals surface area contributed by atoms with Crippen molar-refractivity contribution >= 4 is 0 Å². The fourth-order valence-electron chi connectivity index (χ4n) is 5.96. The van der Waals surface area contributed by atoms with Gasteiger partial charge in [-0.05, 0) is 41.8 Å². The molecule has 0 aliphatic carbocycles. The molecule has 5 aromatic rings. The molecule has 0 amide bonds. The van der Waals surface area contributed by atoms with E-state index in [1.807, 2.05) is 12.1 Å². The maximum absolute atomic E-state index is 5.94. The molecule has 0 unspecified atom stereocenters. The largest absolute Gasteiger partial charge is 0.486 e. The number of aromatic nitrogens is 2. The zero-order chi connectivity index (χ0) is 29.7. The quantitative estimate of drug-likeness (QED) is 0.158. The predicted molar refractivity (Wildman–Crippen MR) is 171 cm³/mol. The maximum atomic E-state index is 5.94. The summed E-state index contributed by atoms with van der Waals surface area (Å²) in [5.74, 6) is 4.21. The van der Waals surface area contributed by atoms with Gasteiger partial charge < -0.3 is 23.5 Å². The number of rotatable bonds is 11. The van der Waals surface area contributed by atoms with Crippen LogP contribution in [0, 0.1) is 0 Å². The van der Waals surface area contributed by atoms with Crippen LogP contribution in [0.1, 0.15) is 36.6 Å². The lowest BCUT2D eigenvalue weighted by Crippen LogP contribution is -2.25. The first-order valence-corrected chi connectivity index (χ1v) is 15.4. The summed E-state index contributed by atoms with van der Waals surface area (Å²) in [6, 6.07) is 33.6. The van der Waals surface area contributed by atoms with Crippen LogP contribution < -0.4 is 18.9 Å². The van der Waals surface area contributed by atoms with Crippen molar-refractivity contribution in [3.8, 4) is 45.6 Å². The summed E-state index contributed by atoms with van der Waals surface area (Å²) in [7, 11) is 0. The highest BCUT2D eigenvalue weighted by Crippen LogP contribution is 2.36. The van der Waals surface area contributed by atoms with Gasteiger partial charge in [0.05, 0.1) is 11.4 Å². The van der Waals surface area contributed by atoms with E-state index < -0.39 is 0 Å². The van der Waals surface area contributed by atoms with Gasteiger partial charge in [0.1, 0.15) is 19.0 Å². The lowest BCUT2D eigenvalue weighted by Gasteiger charge is -2.26. The van der Waals surface area contributed by atoms with E-state index in [0.29, 0.717) is 19.8 Å². The first-order valence-electron chi connectivity index (χ1n) is 15.4. The average molecular weight is 588 g/mol. The van der Waals surface area contributed by atoms with E-state index in [1.165, 1.54) is 11.3 Å². The lowest BCUT2D eigenvalue weighted by atomic mass is 10.1. The van der Waals surface area contributed by atoms with Gasteiger partial charge in [0.25, 0.3) is 0 Å². The molecule has 7 nitrogen and oxygen atoms in total. The van der Waals surface area contributed by atoms with Gasteiger partial charge in [0, 0.05) is 37.3 Å². The van der Waals surface area contributed by atoms with E-state index in [4.69, 9.17) is 23.9 Å². The Hall–Kier alpha value is -4.75. The number of unbranched alkanes of at least 4 members (excludes halogenated alkanes) is 1. The molecule has 0 spiro atoms. The molecular weight excluding hydrogens is 550 g/mol. The van der Waals surface area contributed by atoms with Crippen LogP contribution in [0.25, 0.3) is 22.6 Å². The van der Waals surface area contributed by atoms with Gasteiger partial charge in [0.2, 0.25) is 6.79 Å².